The van der Waals surface area contributed by atoms with Gasteiger partial charge in [-0.1, -0.05) is 72.3 Å². The summed E-state index contributed by atoms with van der Waals surface area (Å²) in [6, 6.07) is 27.6. The van der Waals surface area contributed by atoms with Gasteiger partial charge in [-0.3, -0.25) is 0 Å². The standard InChI is InChI=1S/C30H23Si/c1-17-9-4-5-10-21(17)27-19(3)25-16-20-15-18(2)29(28(20)27)31-26-14-7-6-11-22(26)23-12-8-13-24(25)30(23)31/h4-14,16H,15H2,1-3H3. The Kier molecular flexibility index (Phi) is 3.37. The molecule has 4 aliphatic rings. The lowest BCUT2D eigenvalue weighted by Gasteiger charge is -2.28. The first-order valence-electron chi connectivity index (χ1n) is 11.2. The second kappa shape index (κ2) is 5.96. The molecule has 4 aromatic rings. The molecular weight excluding hydrogens is 388 g/mol. The van der Waals surface area contributed by atoms with Crippen molar-refractivity contribution in [2.24, 2.45) is 0 Å². The SMILES string of the molecule is CC1=C2c3c(cc(c(C)c3-c3ccccc3C)-c3cccc4c3[Si]2c2ccccc2-4)C1. The number of hydrogen-bond donors (Lipinski definition) is 0. The zero-order chi connectivity index (χ0) is 20.9. The van der Waals surface area contributed by atoms with Gasteiger partial charge in [0.2, 0.25) is 0 Å². The topological polar surface area (TPSA) is 0 Å². The van der Waals surface area contributed by atoms with Crippen LogP contribution in [0.3, 0.4) is 0 Å². The molecule has 0 spiro atoms. The van der Waals surface area contributed by atoms with Crippen LogP contribution in [0.25, 0.3) is 38.6 Å². The Bertz CT molecular complexity index is 1480. The highest BCUT2D eigenvalue weighted by molar-refractivity contribution is 7.04. The fraction of sp³-hybridized carbons (Fsp3) is 0.133. The zero-order valence-electron chi connectivity index (χ0n) is 18.1. The van der Waals surface area contributed by atoms with E-state index < -0.39 is 8.80 Å². The van der Waals surface area contributed by atoms with E-state index in [1.807, 2.05) is 0 Å². The van der Waals surface area contributed by atoms with Gasteiger partial charge in [0.1, 0.15) is 0 Å². The van der Waals surface area contributed by atoms with Gasteiger partial charge in [-0.25, -0.2) is 0 Å². The van der Waals surface area contributed by atoms with Gasteiger partial charge in [-0.15, -0.1) is 0 Å². The normalized spacial score (nSPS) is 15.2. The van der Waals surface area contributed by atoms with Gasteiger partial charge < -0.3 is 0 Å². The third-order valence-corrected chi connectivity index (χ3v) is 10.7. The van der Waals surface area contributed by atoms with E-state index in [0.29, 0.717) is 0 Å². The van der Waals surface area contributed by atoms with Gasteiger partial charge in [-0.05, 0) is 104 Å². The molecule has 4 bridgehead atoms. The molecule has 0 saturated carbocycles. The lowest BCUT2D eigenvalue weighted by Crippen LogP contribution is -2.41. The second-order valence-corrected chi connectivity index (χ2v) is 11.5. The fourth-order valence-corrected chi connectivity index (χ4v) is 9.82. The highest BCUT2D eigenvalue weighted by atomic mass is 28.3. The van der Waals surface area contributed by atoms with Crippen molar-refractivity contribution in [1.82, 2.24) is 0 Å². The van der Waals surface area contributed by atoms with Gasteiger partial charge in [0.25, 0.3) is 0 Å². The van der Waals surface area contributed by atoms with E-state index in [1.54, 1.807) is 26.7 Å². The van der Waals surface area contributed by atoms with Crippen molar-refractivity contribution in [3.8, 4) is 33.4 Å². The quantitative estimate of drug-likeness (QED) is 0.332. The first kappa shape index (κ1) is 17.5. The number of benzene rings is 4. The van der Waals surface area contributed by atoms with Crippen LogP contribution in [0.15, 0.2) is 78.4 Å². The Morgan fingerprint density at radius 3 is 2.13 bits per heavy atom. The Morgan fingerprint density at radius 2 is 1.32 bits per heavy atom. The summed E-state index contributed by atoms with van der Waals surface area (Å²) in [5.74, 6) is 0. The van der Waals surface area contributed by atoms with Crippen LogP contribution in [0.5, 0.6) is 0 Å². The predicted molar refractivity (Wildman–Crippen MR) is 134 cm³/mol. The van der Waals surface area contributed by atoms with E-state index in [9.17, 15) is 0 Å². The molecule has 3 heterocycles. The molecule has 1 aliphatic carbocycles. The maximum Gasteiger partial charge on any atom is 0.157 e. The van der Waals surface area contributed by atoms with Crippen molar-refractivity contribution in [3.05, 3.63) is 101 Å². The largest absolute Gasteiger partial charge is 0.157 e. The monoisotopic (exact) mass is 411 g/mol. The molecule has 0 atom stereocenters. The Morgan fingerprint density at radius 1 is 0.645 bits per heavy atom. The van der Waals surface area contributed by atoms with E-state index >= 15 is 0 Å². The first-order chi connectivity index (χ1) is 15.1. The number of fused-ring (bicyclic) bond motifs is 3. The molecule has 0 saturated heterocycles. The van der Waals surface area contributed by atoms with Crippen LogP contribution >= 0.6 is 0 Å². The van der Waals surface area contributed by atoms with Crippen LogP contribution in [0, 0.1) is 13.8 Å². The highest BCUT2D eigenvalue weighted by Gasteiger charge is 2.42. The third kappa shape index (κ3) is 2.10. The Hall–Kier alpha value is -3.16. The van der Waals surface area contributed by atoms with Crippen molar-refractivity contribution in [3.63, 3.8) is 0 Å². The van der Waals surface area contributed by atoms with E-state index in [4.69, 9.17) is 0 Å². The van der Waals surface area contributed by atoms with Gasteiger partial charge >= 0.3 is 0 Å². The molecular formula is C30H23Si. The fourth-order valence-electron chi connectivity index (χ4n) is 6.26. The van der Waals surface area contributed by atoms with Gasteiger partial charge in [-0.2, -0.15) is 0 Å². The van der Waals surface area contributed by atoms with Crippen LogP contribution in [0.1, 0.15) is 29.2 Å². The van der Waals surface area contributed by atoms with Crippen LogP contribution in [0.2, 0.25) is 0 Å². The van der Waals surface area contributed by atoms with Crippen molar-refractivity contribution in [2.45, 2.75) is 27.2 Å². The van der Waals surface area contributed by atoms with Gasteiger partial charge in [0.05, 0.1) is 0 Å². The molecule has 8 rings (SSSR count). The molecule has 3 aliphatic heterocycles. The average Bonchev–Trinajstić information content (AvgIpc) is 3.28. The van der Waals surface area contributed by atoms with E-state index in [2.05, 4.69) is 93.6 Å². The summed E-state index contributed by atoms with van der Waals surface area (Å²) in [6.45, 7) is 7.00. The van der Waals surface area contributed by atoms with Crippen LogP contribution in [-0.2, 0) is 6.42 Å². The minimum Gasteiger partial charge on any atom is -0.0684 e. The molecule has 31 heavy (non-hydrogen) atoms. The average molecular weight is 412 g/mol. The van der Waals surface area contributed by atoms with Crippen molar-refractivity contribution in [2.75, 3.05) is 0 Å². The molecule has 0 N–H and O–H groups in total. The smallest absolute Gasteiger partial charge is 0.0684 e. The molecule has 0 nitrogen and oxygen atoms in total. The van der Waals surface area contributed by atoms with E-state index in [-0.39, 0.29) is 0 Å². The summed E-state index contributed by atoms with van der Waals surface area (Å²) in [5.41, 5.74) is 16.2. The zero-order valence-corrected chi connectivity index (χ0v) is 19.1. The van der Waals surface area contributed by atoms with E-state index in [1.165, 1.54) is 50.1 Å². The summed E-state index contributed by atoms with van der Waals surface area (Å²) in [7, 11) is -1.02. The maximum absolute atomic E-state index is 2.51. The predicted octanol–water partition coefficient (Wildman–Crippen LogP) is 6.11. The molecule has 0 fully saturated rings. The highest BCUT2D eigenvalue weighted by Crippen LogP contribution is 2.50. The van der Waals surface area contributed by atoms with Crippen LogP contribution in [0.4, 0.5) is 0 Å². The Balaban J connectivity index is 1.69. The van der Waals surface area contributed by atoms with Gasteiger partial charge in [0.15, 0.2) is 8.80 Å². The minimum absolute atomic E-state index is 1.02. The molecule has 0 unspecified atom stereocenters. The number of hydrogen-bond acceptors (Lipinski definition) is 0. The lowest BCUT2D eigenvalue weighted by atomic mass is 9.84. The lowest BCUT2D eigenvalue weighted by molar-refractivity contribution is 1.19. The number of aryl methyl sites for hydroxylation is 1. The second-order valence-electron chi connectivity index (χ2n) is 9.25. The van der Waals surface area contributed by atoms with Crippen molar-refractivity contribution < 1.29 is 0 Å². The van der Waals surface area contributed by atoms with Crippen molar-refractivity contribution in [1.29, 1.82) is 0 Å². The third-order valence-electron chi connectivity index (χ3n) is 7.56. The summed E-state index contributed by atoms with van der Waals surface area (Å²) in [4.78, 5) is 0. The molecule has 1 radical (unpaired) electrons. The summed E-state index contributed by atoms with van der Waals surface area (Å²) in [6.07, 6.45) is 1.09. The van der Waals surface area contributed by atoms with Crippen LogP contribution in [-0.4, -0.2) is 8.80 Å². The number of rotatable bonds is 1. The van der Waals surface area contributed by atoms with Gasteiger partial charge in [0, 0.05) is 0 Å². The molecule has 1 heteroatoms. The first-order valence-corrected chi connectivity index (χ1v) is 12.7. The minimum atomic E-state index is -1.02. The van der Waals surface area contributed by atoms with Crippen molar-refractivity contribution >= 4 is 24.4 Å². The summed E-state index contributed by atoms with van der Waals surface area (Å²) in [5, 5.41) is 4.86. The summed E-state index contributed by atoms with van der Waals surface area (Å²) < 4.78 is 0. The van der Waals surface area contributed by atoms with E-state index in [0.717, 1.165) is 6.42 Å². The molecule has 0 aromatic heterocycles. The molecule has 4 aromatic carbocycles. The Labute approximate surface area is 185 Å². The number of allylic oxidation sites excluding steroid dienone is 1. The van der Waals surface area contributed by atoms with Crippen LogP contribution < -0.4 is 10.4 Å². The molecule has 0 amide bonds. The maximum atomic E-state index is 2.51. The summed E-state index contributed by atoms with van der Waals surface area (Å²) >= 11 is 0. The molecule has 147 valence electrons.